The number of hydrogen-bond donors (Lipinski definition) is 1. The van der Waals surface area contributed by atoms with Crippen LogP contribution in [0.1, 0.15) is 18.4 Å². The molecule has 0 spiro atoms. The van der Waals surface area contributed by atoms with Crippen LogP contribution in [0.15, 0.2) is 42.6 Å². The molecule has 5 nitrogen and oxygen atoms in total. The molecule has 0 unspecified atom stereocenters. The quantitative estimate of drug-likeness (QED) is 0.916. The van der Waals surface area contributed by atoms with Gasteiger partial charge in [-0.05, 0) is 36.6 Å². The number of nitrogens with one attached hydrogen (secondary N) is 1. The molecule has 2 aromatic rings. The van der Waals surface area contributed by atoms with Gasteiger partial charge in [-0.3, -0.25) is 0 Å². The van der Waals surface area contributed by atoms with Crippen molar-refractivity contribution in [1.82, 2.24) is 10.3 Å². The molecule has 0 amide bonds. The summed E-state index contributed by atoms with van der Waals surface area (Å²) < 4.78 is 11.7. The van der Waals surface area contributed by atoms with E-state index < -0.39 is 0 Å². The second-order valence-electron chi connectivity index (χ2n) is 6.35. The third-order valence-corrected chi connectivity index (χ3v) is 4.51. The zero-order valence-corrected chi connectivity index (χ0v) is 13.8. The highest BCUT2D eigenvalue weighted by atomic mass is 16.6. The SMILES string of the molecule is c1ccc2c(c1)OC[C@H](CNCc1ccc(N3CCCC3)nc1)O2. The lowest BCUT2D eigenvalue weighted by molar-refractivity contribution is 0.0902. The van der Waals surface area contributed by atoms with Crippen LogP contribution in [0.25, 0.3) is 0 Å². The first-order valence-electron chi connectivity index (χ1n) is 8.67. The minimum absolute atomic E-state index is 0.0386. The third kappa shape index (κ3) is 3.46. The Hall–Kier alpha value is -2.27. The number of fused-ring (bicyclic) bond motifs is 1. The number of pyridine rings is 1. The molecule has 1 aromatic carbocycles. The highest BCUT2D eigenvalue weighted by Crippen LogP contribution is 2.30. The molecule has 0 radical (unpaired) electrons. The molecule has 1 saturated heterocycles. The zero-order chi connectivity index (χ0) is 16.2. The lowest BCUT2D eigenvalue weighted by Crippen LogP contribution is -2.38. The van der Waals surface area contributed by atoms with Crippen LogP contribution in [0.4, 0.5) is 5.82 Å². The molecular formula is C19H23N3O2. The van der Waals surface area contributed by atoms with Gasteiger partial charge in [0.25, 0.3) is 0 Å². The van der Waals surface area contributed by atoms with E-state index in [0.29, 0.717) is 6.61 Å². The van der Waals surface area contributed by atoms with Crippen molar-refractivity contribution in [3.63, 3.8) is 0 Å². The minimum Gasteiger partial charge on any atom is -0.486 e. The Morgan fingerprint density at radius 3 is 2.71 bits per heavy atom. The summed E-state index contributed by atoms with van der Waals surface area (Å²) >= 11 is 0. The average molecular weight is 325 g/mol. The summed E-state index contributed by atoms with van der Waals surface area (Å²) in [4.78, 5) is 6.93. The summed E-state index contributed by atoms with van der Waals surface area (Å²) in [5, 5.41) is 3.43. The Labute approximate surface area is 142 Å². The van der Waals surface area contributed by atoms with E-state index in [-0.39, 0.29) is 6.10 Å². The number of aromatic nitrogens is 1. The fourth-order valence-corrected chi connectivity index (χ4v) is 3.20. The van der Waals surface area contributed by atoms with Crippen LogP contribution >= 0.6 is 0 Å². The molecule has 5 heteroatoms. The Morgan fingerprint density at radius 1 is 1.08 bits per heavy atom. The van der Waals surface area contributed by atoms with E-state index >= 15 is 0 Å². The molecular weight excluding hydrogens is 302 g/mol. The summed E-state index contributed by atoms with van der Waals surface area (Å²) in [5.41, 5.74) is 1.19. The van der Waals surface area contributed by atoms with Crippen molar-refractivity contribution in [3.8, 4) is 11.5 Å². The molecule has 1 atom stereocenters. The lowest BCUT2D eigenvalue weighted by Gasteiger charge is -2.26. The van der Waals surface area contributed by atoms with Gasteiger partial charge in [0.15, 0.2) is 11.5 Å². The number of para-hydroxylation sites is 2. The predicted octanol–water partition coefficient (Wildman–Crippen LogP) is 2.61. The van der Waals surface area contributed by atoms with Crippen LogP contribution in [0.5, 0.6) is 11.5 Å². The molecule has 1 fully saturated rings. The Morgan fingerprint density at radius 2 is 1.92 bits per heavy atom. The van der Waals surface area contributed by atoms with Crippen LogP contribution in [-0.4, -0.2) is 37.3 Å². The van der Waals surface area contributed by atoms with Crippen LogP contribution < -0.4 is 19.7 Å². The van der Waals surface area contributed by atoms with E-state index in [2.05, 4.69) is 27.3 Å². The van der Waals surface area contributed by atoms with E-state index in [9.17, 15) is 0 Å². The van der Waals surface area contributed by atoms with Gasteiger partial charge in [-0.2, -0.15) is 0 Å². The van der Waals surface area contributed by atoms with Crippen molar-refractivity contribution in [2.75, 3.05) is 31.1 Å². The first-order valence-corrected chi connectivity index (χ1v) is 8.67. The van der Waals surface area contributed by atoms with E-state index in [1.54, 1.807) is 0 Å². The number of benzene rings is 1. The van der Waals surface area contributed by atoms with Crippen molar-refractivity contribution in [3.05, 3.63) is 48.2 Å². The average Bonchev–Trinajstić information content (AvgIpc) is 3.17. The standard InChI is InChI=1S/C19H23N3O2/c1-2-6-18-17(5-1)23-14-16(24-18)13-20-11-15-7-8-19(21-12-15)22-9-3-4-10-22/h1-2,5-8,12,16,20H,3-4,9-11,13-14H2/t16-/m0/s1. The molecule has 2 aliphatic rings. The molecule has 0 bridgehead atoms. The number of nitrogens with zero attached hydrogens (tertiary/aromatic N) is 2. The second kappa shape index (κ2) is 7.09. The Bertz CT molecular complexity index is 669. The maximum absolute atomic E-state index is 5.95. The molecule has 1 N–H and O–H groups in total. The van der Waals surface area contributed by atoms with Crippen molar-refractivity contribution in [2.24, 2.45) is 0 Å². The molecule has 0 aliphatic carbocycles. The summed E-state index contributed by atoms with van der Waals surface area (Å²) in [7, 11) is 0. The van der Waals surface area contributed by atoms with Crippen molar-refractivity contribution < 1.29 is 9.47 Å². The highest BCUT2D eigenvalue weighted by Gasteiger charge is 2.20. The molecule has 126 valence electrons. The molecule has 3 heterocycles. The van der Waals surface area contributed by atoms with E-state index in [4.69, 9.17) is 9.47 Å². The fraction of sp³-hybridized carbons (Fsp3) is 0.421. The number of ether oxygens (including phenoxy) is 2. The smallest absolute Gasteiger partial charge is 0.161 e. The summed E-state index contributed by atoms with van der Waals surface area (Å²) in [6, 6.07) is 12.1. The van der Waals surface area contributed by atoms with Gasteiger partial charge in [0.2, 0.25) is 0 Å². The summed E-state index contributed by atoms with van der Waals surface area (Å²) in [6.07, 6.45) is 4.56. The van der Waals surface area contributed by atoms with Gasteiger partial charge in [0, 0.05) is 32.4 Å². The fourth-order valence-electron chi connectivity index (χ4n) is 3.20. The number of hydrogen-bond acceptors (Lipinski definition) is 5. The monoisotopic (exact) mass is 325 g/mol. The third-order valence-electron chi connectivity index (χ3n) is 4.51. The van der Waals surface area contributed by atoms with Crippen LogP contribution in [-0.2, 0) is 6.54 Å². The van der Waals surface area contributed by atoms with Crippen molar-refractivity contribution in [1.29, 1.82) is 0 Å². The minimum atomic E-state index is 0.0386. The second-order valence-corrected chi connectivity index (χ2v) is 6.35. The van der Waals surface area contributed by atoms with Crippen LogP contribution in [0.2, 0.25) is 0 Å². The zero-order valence-electron chi connectivity index (χ0n) is 13.8. The van der Waals surface area contributed by atoms with Gasteiger partial charge in [-0.15, -0.1) is 0 Å². The molecule has 4 rings (SSSR count). The number of anilines is 1. The van der Waals surface area contributed by atoms with Crippen molar-refractivity contribution in [2.45, 2.75) is 25.5 Å². The predicted molar refractivity (Wildman–Crippen MR) is 93.7 cm³/mol. The maximum Gasteiger partial charge on any atom is 0.161 e. The molecule has 24 heavy (non-hydrogen) atoms. The molecule has 2 aliphatic heterocycles. The van der Waals surface area contributed by atoms with Crippen LogP contribution in [0, 0.1) is 0 Å². The Balaban J connectivity index is 1.25. The van der Waals surface area contributed by atoms with E-state index in [0.717, 1.165) is 43.5 Å². The summed E-state index contributed by atoms with van der Waals surface area (Å²) in [6.45, 7) is 4.38. The van der Waals surface area contributed by atoms with Crippen molar-refractivity contribution >= 4 is 5.82 Å². The topological polar surface area (TPSA) is 46.6 Å². The van der Waals surface area contributed by atoms with Gasteiger partial charge < -0.3 is 19.7 Å². The normalized spacial score (nSPS) is 19.5. The Kier molecular flexibility index (Phi) is 4.51. The largest absolute Gasteiger partial charge is 0.486 e. The highest BCUT2D eigenvalue weighted by molar-refractivity contribution is 5.41. The number of rotatable bonds is 5. The first kappa shape index (κ1) is 15.3. The van der Waals surface area contributed by atoms with E-state index in [1.165, 1.54) is 18.4 Å². The first-order chi connectivity index (χ1) is 11.9. The molecule has 0 saturated carbocycles. The van der Waals surface area contributed by atoms with Gasteiger partial charge in [0.05, 0.1) is 0 Å². The van der Waals surface area contributed by atoms with Gasteiger partial charge in [0.1, 0.15) is 18.5 Å². The molecule has 1 aromatic heterocycles. The van der Waals surface area contributed by atoms with Gasteiger partial charge in [-0.25, -0.2) is 4.98 Å². The maximum atomic E-state index is 5.95. The summed E-state index contributed by atoms with van der Waals surface area (Å²) in [5.74, 6) is 2.75. The van der Waals surface area contributed by atoms with Gasteiger partial charge >= 0.3 is 0 Å². The van der Waals surface area contributed by atoms with Crippen LogP contribution in [0.3, 0.4) is 0 Å². The lowest BCUT2D eigenvalue weighted by atomic mass is 10.2. The van der Waals surface area contributed by atoms with Gasteiger partial charge in [-0.1, -0.05) is 18.2 Å². The van der Waals surface area contributed by atoms with E-state index in [1.807, 2.05) is 30.5 Å².